The van der Waals surface area contributed by atoms with Crippen molar-refractivity contribution in [2.75, 3.05) is 6.61 Å². The molecular weight excluding hydrogens is 350 g/mol. The van der Waals surface area contributed by atoms with Crippen molar-refractivity contribution in [2.24, 2.45) is 16.3 Å². The average molecular weight is 382 g/mol. The van der Waals surface area contributed by atoms with Crippen LogP contribution in [0.2, 0.25) is 0 Å². The molecule has 1 aromatic carbocycles. The molecule has 2 atom stereocenters. The first-order chi connectivity index (χ1) is 13.1. The van der Waals surface area contributed by atoms with E-state index >= 15 is 0 Å². The van der Waals surface area contributed by atoms with E-state index in [1.165, 1.54) is 5.56 Å². The summed E-state index contributed by atoms with van der Waals surface area (Å²) in [7, 11) is 0. The fourth-order valence-electron chi connectivity index (χ4n) is 4.43. The lowest BCUT2D eigenvalue weighted by molar-refractivity contribution is -0.146. The van der Waals surface area contributed by atoms with E-state index < -0.39 is 5.92 Å². The van der Waals surface area contributed by atoms with Gasteiger partial charge in [-0.05, 0) is 42.7 Å². The highest BCUT2D eigenvalue weighted by Crippen LogP contribution is 2.48. The second-order valence-corrected chi connectivity index (χ2v) is 9.08. The molecule has 0 fully saturated rings. The lowest BCUT2D eigenvalue weighted by atomic mass is 9.67. The molecule has 0 saturated carbocycles. The Morgan fingerprint density at radius 1 is 1.21 bits per heavy atom. The van der Waals surface area contributed by atoms with E-state index in [0.29, 0.717) is 24.5 Å². The Labute approximate surface area is 168 Å². The van der Waals surface area contributed by atoms with E-state index in [-0.39, 0.29) is 23.1 Å². The first-order valence-electron chi connectivity index (χ1n) is 10.2. The molecule has 0 saturated heterocycles. The Morgan fingerprint density at radius 2 is 1.86 bits per heavy atom. The summed E-state index contributed by atoms with van der Waals surface area (Å²) in [4.78, 5) is 30.7. The van der Waals surface area contributed by atoms with Crippen LogP contribution in [0.1, 0.15) is 77.3 Å². The maximum Gasteiger partial charge on any atom is 0.315 e. The Hall–Kier alpha value is -2.23. The average Bonchev–Trinajstić information content (AvgIpc) is 2.59. The highest BCUT2D eigenvalue weighted by atomic mass is 16.5. The van der Waals surface area contributed by atoms with Gasteiger partial charge in [0.2, 0.25) is 0 Å². The molecule has 28 heavy (non-hydrogen) atoms. The number of allylic oxidation sites excluding steroid dienone is 2. The van der Waals surface area contributed by atoms with Crippen LogP contribution in [0.5, 0.6) is 0 Å². The largest absolute Gasteiger partial charge is 0.465 e. The number of aliphatic imine (C=N–C) groups is 1. The standard InChI is InChI=1S/C24H31NO3/c1-7-28-23(27)20-15(4)25-18-12-24(5,6)13-19(26)22(18)21(20)17-10-8-16(9-11-17)14(2)3/h8-11,14,20-21H,7,12-13H2,1-6H3/t20?,21-/m0/s1. The number of carbonyl (C=O) groups excluding carboxylic acids is 2. The first kappa shape index (κ1) is 20.5. The third-order valence-corrected chi connectivity index (χ3v) is 5.80. The lowest BCUT2D eigenvalue weighted by Gasteiger charge is -2.39. The SMILES string of the molecule is CCOC(=O)C1C(C)=NC2=C(C(=O)CC(C)(C)C2)[C@H]1c1ccc(C(C)C)cc1. The van der Waals surface area contributed by atoms with Gasteiger partial charge in [-0.25, -0.2) is 0 Å². The lowest BCUT2D eigenvalue weighted by Crippen LogP contribution is -2.39. The van der Waals surface area contributed by atoms with Crippen LogP contribution in [-0.2, 0) is 14.3 Å². The van der Waals surface area contributed by atoms with Crippen LogP contribution < -0.4 is 0 Å². The van der Waals surface area contributed by atoms with E-state index in [1.54, 1.807) is 6.92 Å². The Morgan fingerprint density at radius 3 is 2.43 bits per heavy atom. The van der Waals surface area contributed by atoms with E-state index in [9.17, 15) is 9.59 Å². The summed E-state index contributed by atoms with van der Waals surface area (Å²) in [6, 6.07) is 8.31. The number of esters is 1. The molecule has 0 N–H and O–H groups in total. The van der Waals surface area contributed by atoms with Crippen LogP contribution in [0.25, 0.3) is 0 Å². The van der Waals surface area contributed by atoms with Gasteiger partial charge in [0.1, 0.15) is 5.92 Å². The minimum atomic E-state index is -0.547. The van der Waals surface area contributed by atoms with Crippen LogP contribution in [0.4, 0.5) is 0 Å². The number of rotatable bonds is 4. The topological polar surface area (TPSA) is 55.7 Å². The highest BCUT2D eigenvalue weighted by molar-refractivity contribution is 6.09. The zero-order chi connectivity index (χ0) is 20.6. The van der Waals surface area contributed by atoms with Gasteiger partial charge in [-0.15, -0.1) is 0 Å². The minimum Gasteiger partial charge on any atom is -0.465 e. The molecule has 0 bridgehead atoms. The summed E-state index contributed by atoms with van der Waals surface area (Å²) < 4.78 is 5.37. The second kappa shape index (κ2) is 7.65. The van der Waals surface area contributed by atoms with Crippen LogP contribution >= 0.6 is 0 Å². The van der Waals surface area contributed by atoms with Gasteiger partial charge >= 0.3 is 5.97 Å². The quantitative estimate of drug-likeness (QED) is 0.674. The van der Waals surface area contributed by atoms with Crippen molar-refractivity contribution in [3.63, 3.8) is 0 Å². The molecular formula is C24H31NO3. The second-order valence-electron chi connectivity index (χ2n) is 9.08. The molecule has 0 amide bonds. The van der Waals surface area contributed by atoms with Crippen molar-refractivity contribution in [1.29, 1.82) is 0 Å². The summed E-state index contributed by atoms with van der Waals surface area (Å²) in [6.07, 6.45) is 1.23. The van der Waals surface area contributed by atoms with Crippen molar-refractivity contribution in [3.05, 3.63) is 46.7 Å². The number of Topliss-reactive ketones (excluding diaryl/α,β-unsaturated/α-hetero) is 1. The molecule has 4 nitrogen and oxygen atoms in total. The first-order valence-corrected chi connectivity index (χ1v) is 10.2. The number of ketones is 1. The van der Waals surface area contributed by atoms with E-state index in [0.717, 1.165) is 23.4 Å². The zero-order valence-electron chi connectivity index (χ0n) is 17.8. The van der Waals surface area contributed by atoms with Crippen molar-refractivity contribution in [3.8, 4) is 0 Å². The molecule has 1 unspecified atom stereocenters. The minimum absolute atomic E-state index is 0.106. The molecule has 1 aliphatic carbocycles. The van der Waals surface area contributed by atoms with Crippen molar-refractivity contribution >= 4 is 17.5 Å². The van der Waals surface area contributed by atoms with Gasteiger partial charge in [-0.2, -0.15) is 0 Å². The molecule has 0 spiro atoms. The van der Waals surface area contributed by atoms with Gasteiger partial charge in [-0.1, -0.05) is 52.0 Å². The third kappa shape index (κ3) is 3.82. The van der Waals surface area contributed by atoms with Gasteiger partial charge in [0.15, 0.2) is 5.78 Å². The number of benzene rings is 1. The fourth-order valence-corrected chi connectivity index (χ4v) is 4.43. The maximum atomic E-state index is 13.2. The summed E-state index contributed by atoms with van der Waals surface area (Å²) in [5.74, 6) is -0.637. The van der Waals surface area contributed by atoms with Crippen molar-refractivity contribution in [2.45, 2.75) is 66.2 Å². The van der Waals surface area contributed by atoms with Crippen LogP contribution in [0.3, 0.4) is 0 Å². The number of ether oxygens (including phenoxy) is 1. The molecule has 1 aromatic rings. The molecule has 3 rings (SSSR count). The van der Waals surface area contributed by atoms with Gasteiger partial charge < -0.3 is 4.74 Å². The van der Waals surface area contributed by atoms with Gasteiger partial charge in [0, 0.05) is 29.3 Å². The summed E-state index contributed by atoms with van der Waals surface area (Å²) >= 11 is 0. The Bertz CT molecular complexity index is 843. The predicted molar refractivity (Wildman–Crippen MR) is 112 cm³/mol. The highest BCUT2D eigenvalue weighted by Gasteiger charge is 2.45. The maximum absolute atomic E-state index is 13.2. The molecule has 0 radical (unpaired) electrons. The zero-order valence-corrected chi connectivity index (χ0v) is 17.8. The van der Waals surface area contributed by atoms with Crippen LogP contribution in [-0.4, -0.2) is 24.1 Å². The van der Waals surface area contributed by atoms with Gasteiger partial charge in [0.05, 0.1) is 6.61 Å². The summed E-state index contributed by atoms with van der Waals surface area (Å²) in [6.45, 7) is 12.5. The molecule has 1 aliphatic heterocycles. The monoisotopic (exact) mass is 381 g/mol. The fraction of sp³-hybridized carbons (Fsp3) is 0.542. The van der Waals surface area contributed by atoms with E-state index in [2.05, 4.69) is 52.0 Å². The van der Waals surface area contributed by atoms with Crippen LogP contribution in [0, 0.1) is 11.3 Å². The third-order valence-electron chi connectivity index (χ3n) is 5.80. The normalized spacial score (nSPS) is 24.1. The molecule has 0 aromatic heterocycles. The number of hydrogen-bond donors (Lipinski definition) is 0. The van der Waals surface area contributed by atoms with E-state index in [1.807, 2.05) is 6.92 Å². The van der Waals surface area contributed by atoms with Crippen LogP contribution in [0.15, 0.2) is 40.5 Å². The van der Waals surface area contributed by atoms with Crippen molar-refractivity contribution < 1.29 is 14.3 Å². The van der Waals surface area contributed by atoms with Gasteiger partial charge in [-0.3, -0.25) is 14.6 Å². The molecule has 4 heteroatoms. The predicted octanol–water partition coefficient (Wildman–Crippen LogP) is 5.19. The molecule has 1 heterocycles. The Kier molecular flexibility index (Phi) is 5.60. The summed E-state index contributed by atoms with van der Waals surface area (Å²) in [5.41, 5.74) is 4.40. The molecule has 150 valence electrons. The summed E-state index contributed by atoms with van der Waals surface area (Å²) in [5, 5.41) is 0. The van der Waals surface area contributed by atoms with Crippen molar-refractivity contribution in [1.82, 2.24) is 0 Å². The molecule has 2 aliphatic rings. The smallest absolute Gasteiger partial charge is 0.315 e. The number of carbonyl (C=O) groups is 2. The number of nitrogens with zero attached hydrogens (tertiary/aromatic N) is 1. The Balaban J connectivity index is 2.14. The van der Waals surface area contributed by atoms with Gasteiger partial charge in [0.25, 0.3) is 0 Å². The number of hydrogen-bond acceptors (Lipinski definition) is 4. The van der Waals surface area contributed by atoms with E-state index in [4.69, 9.17) is 9.73 Å².